The molecule has 5 aromatic rings. The average molecular weight is 324 g/mol. The molecule has 0 aliphatic heterocycles. The number of benzene rings is 5. The second-order valence-corrected chi connectivity index (χ2v) is 6.64. The zero-order valence-corrected chi connectivity index (χ0v) is 13.7. The van der Waals surface area contributed by atoms with Gasteiger partial charge in [0.15, 0.2) is 0 Å². The first-order chi connectivity index (χ1) is 12.1. The summed E-state index contributed by atoms with van der Waals surface area (Å²) in [4.78, 5) is 0. The van der Waals surface area contributed by atoms with Gasteiger partial charge in [-0.2, -0.15) is 0 Å². The number of fused-ring (bicyclic) bond motifs is 4. The molecular weight excluding hydrogens is 308 g/mol. The lowest BCUT2D eigenvalue weighted by Crippen LogP contribution is -1.84. The molecule has 0 atom stereocenters. The highest BCUT2D eigenvalue weighted by atomic mass is 16.3. The molecule has 0 heterocycles. The van der Waals surface area contributed by atoms with Crippen LogP contribution in [0.1, 0.15) is 5.56 Å². The van der Waals surface area contributed by atoms with Crippen LogP contribution in [0.15, 0.2) is 66.7 Å². The molecular formula is C23H16O2. The van der Waals surface area contributed by atoms with Crippen LogP contribution in [0, 0.1) is 6.92 Å². The molecule has 0 aromatic heterocycles. The Bertz CT molecular complexity index is 1320. The zero-order chi connectivity index (χ0) is 17.1. The van der Waals surface area contributed by atoms with Crippen molar-refractivity contribution in [2.75, 3.05) is 0 Å². The van der Waals surface area contributed by atoms with Crippen molar-refractivity contribution in [1.29, 1.82) is 0 Å². The van der Waals surface area contributed by atoms with Gasteiger partial charge in [0.25, 0.3) is 0 Å². The summed E-state index contributed by atoms with van der Waals surface area (Å²) < 4.78 is 0. The Morgan fingerprint density at radius 1 is 0.520 bits per heavy atom. The third-order valence-corrected chi connectivity index (χ3v) is 5.14. The van der Waals surface area contributed by atoms with Crippen LogP contribution in [0.25, 0.3) is 43.1 Å². The molecule has 0 spiro atoms. The van der Waals surface area contributed by atoms with Crippen molar-refractivity contribution in [3.05, 3.63) is 72.3 Å². The van der Waals surface area contributed by atoms with E-state index in [2.05, 4.69) is 12.1 Å². The van der Waals surface area contributed by atoms with E-state index < -0.39 is 0 Å². The molecule has 2 heteroatoms. The fraction of sp³-hybridized carbons (Fsp3) is 0.0435. The van der Waals surface area contributed by atoms with E-state index in [1.807, 2.05) is 61.5 Å². The molecule has 0 aliphatic rings. The summed E-state index contributed by atoms with van der Waals surface area (Å²) in [5, 5.41) is 28.7. The molecule has 0 bridgehead atoms. The number of aryl methyl sites for hydroxylation is 1. The van der Waals surface area contributed by atoms with Crippen molar-refractivity contribution in [3.8, 4) is 11.5 Å². The Hall–Kier alpha value is -3.26. The second kappa shape index (κ2) is 4.87. The van der Waals surface area contributed by atoms with Crippen LogP contribution in [-0.4, -0.2) is 10.2 Å². The number of aromatic hydroxyl groups is 2. The van der Waals surface area contributed by atoms with Crippen molar-refractivity contribution in [3.63, 3.8) is 0 Å². The van der Waals surface area contributed by atoms with Crippen LogP contribution in [0.2, 0.25) is 0 Å². The smallest absolute Gasteiger partial charge is 0.131 e. The van der Waals surface area contributed by atoms with Crippen molar-refractivity contribution < 1.29 is 10.2 Å². The minimum atomic E-state index is 0.263. The summed E-state index contributed by atoms with van der Waals surface area (Å²) in [6.07, 6.45) is 0. The van der Waals surface area contributed by atoms with Crippen molar-refractivity contribution in [2.45, 2.75) is 6.92 Å². The molecule has 25 heavy (non-hydrogen) atoms. The van der Waals surface area contributed by atoms with Gasteiger partial charge in [-0.05, 0) is 58.3 Å². The van der Waals surface area contributed by atoms with Crippen molar-refractivity contribution in [1.82, 2.24) is 0 Å². The molecule has 0 aliphatic carbocycles. The molecule has 0 fully saturated rings. The fourth-order valence-corrected chi connectivity index (χ4v) is 3.81. The lowest BCUT2D eigenvalue weighted by Gasteiger charge is -2.12. The Balaban J connectivity index is 2.01. The fourth-order valence-electron chi connectivity index (χ4n) is 3.81. The molecule has 0 saturated heterocycles. The number of phenolic OH excluding ortho intramolecular Hbond substituents is 2. The SMILES string of the molecule is Cc1cccc2c(O)c3cc4c(O)c5ccccc5cc4cc3cc12. The van der Waals surface area contributed by atoms with E-state index in [1.165, 1.54) is 0 Å². The van der Waals surface area contributed by atoms with Gasteiger partial charge in [-0.25, -0.2) is 0 Å². The number of hydrogen-bond donors (Lipinski definition) is 2. The molecule has 0 saturated carbocycles. The number of phenols is 2. The third kappa shape index (κ3) is 1.91. The molecule has 5 rings (SSSR count). The number of rotatable bonds is 0. The zero-order valence-electron chi connectivity index (χ0n) is 13.7. The predicted molar refractivity (Wildman–Crippen MR) is 105 cm³/mol. The topological polar surface area (TPSA) is 40.5 Å². The third-order valence-electron chi connectivity index (χ3n) is 5.14. The first-order valence-electron chi connectivity index (χ1n) is 8.33. The van der Waals surface area contributed by atoms with Crippen molar-refractivity contribution in [2.24, 2.45) is 0 Å². The average Bonchev–Trinajstić information content (AvgIpc) is 2.62. The molecule has 2 N–H and O–H groups in total. The summed E-state index contributed by atoms with van der Waals surface area (Å²) in [7, 11) is 0. The highest BCUT2D eigenvalue weighted by Crippen LogP contribution is 2.41. The Morgan fingerprint density at radius 2 is 1.16 bits per heavy atom. The molecule has 0 amide bonds. The Morgan fingerprint density at radius 3 is 2.00 bits per heavy atom. The normalized spacial score (nSPS) is 11.7. The molecule has 0 radical (unpaired) electrons. The lowest BCUT2D eigenvalue weighted by atomic mass is 9.95. The summed E-state index contributed by atoms with van der Waals surface area (Å²) in [6.45, 7) is 2.05. The van der Waals surface area contributed by atoms with Crippen LogP contribution >= 0.6 is 0 Å². The molecule has 0 unspecified atom stereocenters. The maximum Gasteiger partial charge on any atom is 0.131 e. The summed E-state index contributed by atoms with van der Waals surface area (Å²) >= 11 is 0. The van der Waals surface area contributed by atoms with E-state index in [0.29, 0.717) is 0 Å². The van der Waals surface area contributed by atoms with Gasteiger partial charge in [-0.15, -0.1) is 0 Å². The minimum absolute atomic E-state index is 0.263. The maximum absolute atomic E-state index is 10.8. The van der Waals surface area contributed by atoms with Crippen LogP contribution in [0.5, 0.6) is 11.5 Å². The first kappa shape index (κ1) is 14.1. The van der Waals surface area contributed by atoms with Gasteiger partial charge in [-0.1, -0.05) is 42.5 Å². The van der Waals surface area contributed by atoms with Crippen LogP contribution in [-0.2, 0) is 0 Å². The van der Waals surface area contributed by atoms with E-state index in [4.69, 9.17) is 0 Å². The summed E-state index contributed by atoms with van der Waals surface area (Å²) in [6, 6.07) is 21.9. The van der Waals surface area contributed by atoms with E-state index in [0.717, 1.165) is 48.7 Å². The van der Waals surface area contributed by atoms with E-state index in [1.54, 1.807) is 0 Å². The molecule has 2 nitrogen and oxygen atoms in total. The quantitative estimate of drug-likeness (QED) is 0.342. The van der Waals surface area contributed by atoms with E-state index in [9.17, 15) is 10.2 Å². The van der Waals surface area contributed by atoms with Crippen molar-refractivity contribution >= 4 is 43.1 Å². The van der Waals surface area contributed by atoms with Gasteiger partial charge in [0.1, 0.15) is 11.5 Å². The standard InChI is InChI=1S/C23H16O2/c1-13-5-4-8-18-19(13)11-16-10-15-9-14-6-2-3-7-17(14)22(24)20(15)12-21(16)23(18)25/h2-12,24-25H,1H3. The van der Waals surface area contributed by atoms with Gasteiger partial charge in [0.05, 0.1) is 0 Å². The maximum atomic E-state index is 10.8. The van der Waals surface area contributed by atoms with E-state index in [-0.39, 0.29) is 11.5 Å². The summed E-state index contributed by atoms with van der Waals surface area (Å²) in [5.74, 6) is 0.532. The lowest BCUT2D eigenvalue weighted by molar-refractivity contribution is 0.487. The predicted octanol–water partition coefficient (Wildman–Crippen LogP) is 6.02. The monoisotopic (exact) mass is 324 g/mol. The largest absolute Gasteiger partial charge is 0.507 e. The molecule has 120 valence electrons. The Labute approximate surface area is 144 Å². The van der Waals surface area contributed by atoms with Gasteiger partial charge in [0.2, 0.25) is 0 Å². The Kier molecular flexibility index (Phi) is 2.75. The molecule has 5 aromatic carbocycles. The second-order valence-electron chi connectivity index (χ2n) is 6.64. The van der Waals surface area contributed by atoms with E-state index >= 15 is 0 Å². The highest BCUT2D eigenvalue weighted by molar-refractivity contribution is 6.14. The van der Waals surface area contributed by atoms with Gasteiger partial charge in [-0.3, -0.25) is 0 Å². The summed E-state index contributed by atoms with van der Waals surface area (Å²) in [5.41, 5.74) is 1.14. The van der Waals surface area contributed by atoms with Crippen LogP contribution in [0.3, 0.4) is 0 Å². The van der Waals surface area contributed by atoms with Gasteiger partial charge in [0, 0.05) is 21.5 Å². The van der Waals surface area contributed by atoms with Crippen LogP contribution in [0.4, 0.5) is 0 Å². The van der Waals surface area contributed by atoms with Crippen LogP contribution < -0.4 is 0 Å². The van der Waals surface area contributed by atoms with Gasteiger partial charge >= 0.3 is 0 Å². The number of hydrogen-bond acceptors (Lipinski definition) is 2. The highest BCUT2D eigenvalue weighted by Gasteiger charge is 2.12. The first-order valence-corrected chi connectivity index (χ1v) is 8.33. The van der Waals surface area contributed by atoms with Gasteiger partial charge < -0.3 is 10.2 Å². The minimum Gasteiger partial charge on any atom is -0.507 e.